The van der Waals surface area contributed by atoms with Crippen molar-refractivity contribution in [1.82, 2.24) is 14.2 Å². The number of rotatable bonds is 4. The van der Waals surface area contributed by atoms with Gasteiger partial charge in [-0.1, -0.05) is 24.3 Å². The predicted molar refractivity (Wildman–Crippen MR) is 98.2 cm³/mol. The second-order valence-electron chi connectivity index (χ2n) is 6.90. The van der Waals surface area contributed by atoms with Crippen LogP contribution < -0.4 is 0 Å². The fraction of sp³-hybridized carbons (Fsp3) is 0.368. The van der Waals surface area contributed by atoms with E-state index in [4.69, 9.17) is 4.74 Å². The van der Waals surface area contributed by atoms with Crippen LogP contribution in [0.15, 0.2) is 53.7 Å². The molecule has 4 rings (SSSR count). The fourth-order valence-electron chi connectivity index (χ4n) is 4.10. The van der Waals surface area contributed by atoms with Gasteiger partial charge in [0.05, 0.1) is 10.4 Å². The lowest BCUT2D eigenvalue weighted by Crippen LogP contribution is -2.46. The minimum Gasteiger partial charge on any atom is -0.375 e. The Morgan fingerprint density at radius 1 is 1.26 bits per heavy atom. The van der Waals surface area contributed by atoms with Gasteiger partial charge in [0.1, 0.15) is 6.61 Å². The van der Waals surface area contributed by atoms with Crippen LogP contribution in [0.4, 0.5) is 0 Å². The zero-order chi connectivity index (χ0) is 19.1. The van der Waals surface area contributed by atoms with Gasteiger partial charge in [0, 0.05) is 39.1 Å². The lowest BCUT2D eigenvalue weighted by Gasteiger charge is -2.34. The van der Waals surface area contributed by atoms with Gasteiger partial charge in [-0.05, 0) is 29.7 Å². The Labute approximate surface area is 158 Å². The molecule has 2 aromatic rings. The van der Waals surface area contributed by atoms with E-state index in [2.05, 4.69) is 4.98 Å². The highest BCUT2D eigenvalue weighted by atomic mass is 32.2. The number of aromatic nitrogens is 1. The molecule has 142 valence electrons. The van der Waals surface area contributed by atoms with Crippen LogP contribution in [0.1, 0.15) is 17.5 Å². The van der Waals surface area contributed by atoms with Crippen molar-refractivity contribution in [2.75, 3.05) is 26.8 Å². The van der Waals surface area contributed by atoms with Crippen LogP contribution in [0.5, 0.6) is 0 Å². The standard InChI is InChI=1S/C19H21N3O4S/c1-26-13-18(23)21-10-8-19(14-21)16-6-2-3-7-17(16)27(24,25)22(19)12-15-5-4-9-20-11-15/h2-7,9,11H,8,10,12-14H2,1H3/t19-/m1/s1. The Hall–Kier alpha value is -2.29. The van der Waals surface area contributed by atoms with E-state index in [9.17, 15) is 13.2 Å². The third-order valence-electron chi connectivity index (χ3n) is 5.35. The first kappa shape index (κ1) is 18.1. The van der Waals surface area contributed by atoms with Gasteiger partial charge < -0.3 is 9.64 Å². The summed E-state index contributed by atoms with van der Waals surface area (Å²) in [6, 6.07) is 10.8. The molecule has 0 N–H and O–H groups in total. The Balaban J connectivity index is 1.78. The van der Waals surface area contributed by atoms with E-state index in [-0.39, 0.29) is 19.1 Å². The number of hydrogen-bond donors (Lipinski definition) is 0. The van der Waals surface area contributed by atoms with Crippen molar-refractivity contribution in [3.63, 3.8) is 0 Å². The summed E-state index contributed by atoms with van der Waals surface area (Å²) < 4.78 is 33.2. The summed E-state index contributed by atoms with van der Waals surface area (Å²) in [5, 5.41) is 0. The third-order valence-corrected chi connectivity index (χ3v) is 7.32. The summed E-state index contributed by atoms with van der Waals surface area (Å²) in [5.41, 5.74) is 0.825. The molecule has 3 heterocycles. The van der Waals surface area contributed by atoms with Crippen molar-refractivity contribution >= 4 is 15.9 Å². The normalized spacial score (nSPS) is 23.7. The number of fused-ring (bicyclic) bond motifs is 2. The number of benzene rings is 1. The average molecular weight is 387 g/mol. The van der Waals surface area contributed by atoms with E-state index in [1.165, 1.54) is 7.11 Å². The molecule has 1 spiro atoms. The minimum absolute atomic E-state index is 0.00686. The number of likely N-dealkylation sites (tertiary alicyclic amines) is 1. The molecule has 1 saturated heterocycles. The molecule has 0 radical (unpaired) electrons. The number of hydrogen-bond acceptors (Lipinski definition) is 5. The summed E-state index contributed by atoms with van der Waals surface area (Å²) in [7, 11) is -2.18. The molecule has 0 saturated carbocycles. The molecule has 2 aliphatic heterocycles. The molecular weight excluding hydrogens is 366 g/mol. The number of pyridine rings is 1. The van der Waals surface area contributed by atoms with Gasteiger partial charge in [0.15, 0.2) is 0 Å². The maximum Gasteiger partial charge on any atom is 0.248 e. The second-order valence-corrected chi connectivity index (χ2v) is 8.73. The van der Waals surface area contributed by atoms with E-state index < -0.39 is 15.6 Å². The minimum atomic E-state index is -3.66. The molecule has 0 bridgehead atoms. The maximum atomic E-state index is 13.3. The summed E-state index contributed by atoms with van der Waals surface area (Å²) in [6.07, 6.45) is 3.89. The first-order valence-corrected chi connectivity index (χ1v) is 10.2. The maximum absolute atomic E-state index is 13.3. The van der Waals surface area contributed by atoms with E-state index in [1.807, 2.05) is 18.2 Å². The lowest BCUT2D eigenvalue weighted by molar-refractivity contribution is -0.134. The summed E-state index contributed by atoms with van der Waals surface area (Å²) in [5.74, 6) is -0.127. The second kappa shape index (κ2) is 6.70. The Kier molecular flexibility index (Phi) is 4.49. The molecule has 8 heteroatoms. The molecule has 1 fully saturated rings. The number of sulfonamides is 1. The predicted octanol–water partition coefficient (Wildman–Crippen LogP) is 1.36. The Bertz CT molecular complexity index is 964. The summed E-state index contributed by atoms with van der Waals surface area (Å²) >= 11 is 0. The highest BCUT2D eigenvalue weighted by Crippen LogP contribution is 2.49. The van der Waals surface area contributed by atoms with Crippen LogP contribution in [0, 0.1) is 0 Å². The van der Waals surface area contributed by atoms with Crippen molar-refractivity contribution in [2.45, 2.75) is 23.4 Å². The number of ether oxygens (including phenoxy) is 1. The molecule has 1 atom stereocenters. The van der Waals surface area contributed by atoms with Gasteiger partial charge in [0.25, 0.3) is 0 Å². The number of carbonyl (C=O) groups is 1. The molecule has 1 aromatic carbocycles. The van der Waals surface area contributed by atoms with Crippen molar-refractivity contribution < 1.29 is 17.9 Å². The molecule has 7 nitrogen and oxygen atoms in total. The highest BCUT2D eigenvalue weighted by Gasteiger charge is 2.57. The number of amides is 1. The zero-order valence-electron chi connectivity index (χ0n) is 15.0. The number of nitrogens with zero attached hydrogens (tertiary/aromatic N) is 3. The average Bonchev–Trinajstić information content (AvgIpc) is 3.19. The van der Waals surface area contributed by atoms with Crippen molar-refractivity contribution in [1.29, 1.82) is 0 Å². The van der Waals surface area contributed by atoms with E-state index in [0.29, 0.717) is 24.4 Å². The smallest absolute Gasteiger partial charge is 0.248 e. The van der Waals surface area contributed by atoms with Gasteiger partial charge in [-0.3, -0.25) is 9.78 Å². The molecule has 0 aliphatic carbocycles. The van der Waals surface area contributed by atoms with Crippen LogP contribution >= 0.6 is 0 Å². The first-order valence-electron chi connectivity index (χ1n) is 8.77. The summed E-state index contributed by atoms with van der Waals surface area (Å²) in [6.45, 7) is 1.03. The van der Waals surface area contributed by atoms with Crippen LogP contribution in [0.25, 0.3) is 0 Å². The third kappa shape index (κ3) is 2.84. The largest absolute Gasteiger partial charge is 0.375 e. The van der Waals surface area contributed by atoms with Crippen LogP contribution in [-0.4, -0.2) is 55.3 Å². The molecule has 1 aromatic heterocycles. The van der Waals surface area contributed by atoms with Crippen LogP contribution in [0.2, 0.25) is 0 Å². The van der Waals surface area contributed by atoms with Crippen LogP contribution in [0.3, 0.4) is 0 Å². The highest BCUT2D eigenvalue weighted by molar-refractivity contribution is 7.89. The quantitative estimate of drug-likeness (QED) is 0.791. The number of methoxy groups -OCH3 is 1. The molecule has 1 amide bonds. The Morgan fingerprint density at radius 2 is 2.07 bits per heavy atom. The van der Waals surface area contributed by atoms with Gasteiger partial charge in [0.2, 0.25) is 15.9 Å². The van der Waals surface area contributed by atoms with Gasteiger partial charge >= 0.3 is 0 Å². The fourth-order valence-corrected chi connectivity index (χ4v) is 6.15. The van der Waals surface area contributed by atoms with Crippen molar-refractivity contribution in [2.24, 2.45) is 0 Å². The van der Waals surface area contributed by atoms with Crippen molar-refractivity contribution in [3.05, 3.63) is 59.9 Å². The van der Waals surface area contributed by atoms with E-state index in [1.54, 1.807) is 39.8 Å². The monoisotopic (exact) mass is 387 g/mol. The molecule has 27 heavy (non-hydrogen) atoms. The first-order chi connectivity index (χ1) is 13.0. The van der Waals surface area contributed by atoms with E-state index in [0.717, 1.165) is 11.1 Å². The lowest BCUT2D eigenvalue weighted by atomic mass is 9.88. The molecule has 0 unspecified atom stereocenters. The summed E-state index contributed by atoms with van der Waals surface area (Å²) in [4.78, 5) is 18.5. The van der Waals surface area contributed by atoms with E-state index >= 15 is 0 Å². The van der Waals surface area contributed by atoms with Gasteiger partial charge in [-0.2, -0.15) is 4.31 Å². The zero-order valence-corrected chi connectivity index (χ0v) is 15.9. The SMILES string of the molecule is COCC(=O)N1CC[C@@]2(C1)c1ccccc1S(=O)(=O)N2Cc1cccnc1. The molecule has 2 aliphatic rings. The van der Waals surface area contributed by atoms with Gasteiger partial charge in [-0.25, -0.2) is 8.42 Å². The van der Waals surface area contributed by atoms with Crippen molar-refractivity contribution in [3.8, 4) is 0 Å². The number of carbonyl (C=O) groups excluding carboxylic acids is 1. The topological polar surface area (TPSA) is 79.8 Å². The van der Waals surface area contributed by atoms with Crippen LogP contribution in [-0.2, 0) is 31.6 Å². The Morgan fingerprint density at radius 3 is 2.81 bits per heavy atom. The molecular formula is C19H21N3O4S. The van der Waals surface area contributed by atoms with Gasteiger partial charge in [-0.15, -0.1) is 0 Å².